The van der Waals surface area contributed by atoms with Gasteiger partial charge in [0.15, 0.2) is 16.7 Å². The molecule has 0 amide bonds. The first-order valence-electron chi connectivity index (χ1n) is 11.6. The summed E-state index contributed by atoms with van der Waals surface area (Å²) >= 11 is 0. The second kappa shape index (κ2) is 7.61. The van der Waals surface area contributed by atoms with E-state index in [-0.39, 0.29) is 17.3 Å². The zero-order valence-corrected chi connectivity index (χ0v) is 18.7. The number of alkyl halides is 2. The van der Waals surface area contributed by atoms with Gasteiger partial charge in [0.2, 0.25) is 0 Å². The van der Waals surface area contributed by atoms with E-state index in [1.54, 1.807) is 0 Å². The fraction of sp³-hybridized carbons (Fsp3) is 0.909. The van der Waals surface area contributed by atoms with Crippen molar-refractivity contribution in [3.63, 3.8) is 0 Å². The number of fused-ring (bicyclic) bond motifs is 2. The Morgan fingerprint density at radius 1 is 0.875 bits per heavy atom. The van der Waals surface area contributed by atoms with E-state index in [1.165, 1.54) is 19.3 Å². The molecule has 6 aliphatic carbocycles. The molecule has 6 aliphatic rings. The maximum absolute atomic E-state index is 13.4. The smallest absolute Gasteiger partial charge is 0.367 e. The normalized spacial score (nSPS) is 42.3. The van der Waals surface area contributed by atoms with Crippen molar-refractivity contribution in [1.29, 1.82) is 0 Å². The molecular formula is C22H29F2O7S-. The zero-order chi connectivity index (χ0) is 22.9. The molecule has 0 N–H and O–H groups in total. The predicted molar refractivity (Wildman–Crippen MR) is 105 cm³/mol. The van der Waals surface area contributed by atoms with Gasteiger partial charge >= 0.3 is 17.2 Å². The highest BCUT2D eigenvalue weighted by molar-refractivity contribution is 7.86. The SMILES string of the molecule is O=C(OCC12CC3CC(CC(C3)C1)C2)C1C2CCC(C2)C1C(=O)OCC(F)(F)S(=O)(=O)[O-]. The minimum atomic E-state index is -5.94. The van der Waals surface area contributed by atoms with Crippen LogP contribution in [0.15, 0.2) is 0 Å². The number of hydrogen-bond donors (Lipinski definition) is 0. The maximum atomic E-state index is 13.4. The van der Waals surface area contributed by atoms with Gasteiger partial charge in [-0.05, 0) is 87.4 Å². The molecule has 0 aromatic heterocycles. The maximum Gasteiger partial charge on any atom is 0.367 e. The summed E-state index contributed by atoms with van der Waals surface area (Å²) in [6.07, 6.45) is 9.11. The van der Waals surface area contributed by atoms with Crippen molar-refractivity contribution >= 4 is 22.1 Å². The summed E-state index contributed by atoms with van der Waals surface area (Å²) in [6, 6.07) is 0. The molecule has 6 saturated carbocycles. The number of carbonyl (C=O) groups is 2. The van der Waals surface area contributed by atoms with Gasteiger partial charge in [0.1, 0.15) is 0 Å². The van der Waals surface area contributed by atoms with Crippen molar-refractivity contribution in [3.05, 3.63) is 0 Å². The van der Waals surface area contributed by atoms with Crippen LogP contribution in [-0.2, 0) is 29.2 Å². The first kappa shape index (κ1) is 22.5. The lowest BCUT2D eigenvalue weighted by Gasteiger charge is -2.56. The summed E-state index contributed by atoms with van der Waals surface area (Å²) in [6.45, 7) is -1.49. The van der Waals surface area contributed by atoms with Crippen molar-refractivity contribution < 1.29 is 40.8 Å². The van der Waals surface area contributed by atoms with E-state index in [0.717, 1.165) is 25.7 Å². The van der Waals surface area contributed by atoms with Gasteiger partial charge in [-0.15, -0.1) is 0 Å². The lowest BCUT2D eigenvalue weighted by atomic mass is 9.50. The average Bonchev–Trinajstić information content (AvgIpc) is 3.30. The Morgan fingerprint density at radius 2 is 1.34 bits per heavy atom. The molecular weight excluding hydrogens is 446 g/mol. The number of hydrogen-bond acceptors (Lipinski definition) is 7. The third kappa shape index (κ3) is 3.85. The summed E-state index contributed by atoms with van der Waals surface area (Å²) in [7, 11) is -5.94. The van der Waals surface area contributed by atoms with Gasteiger partial charge in [-0.2, -0.15) is 8.78 Å². The predicted octanol–water partition coefficient (Wildman–Crippen LogP) is 3.09. The van der Waals surface area contributed by atoms with E-state index >= 15 is 0 Å². The number of carbonyl (C=O) groups excluding carboxylic acids is 2. The van der Waals surface area contributed by atoms with Crippen molar-refractivity contribution in [2.75, 3.05) is 13.2 Å². The Balaban J connectivity index is 1.23. The molecule has 0 spiro atoms. The minimum absolute atomic E-state index is 0.0303. The highest BCUT2D eigenvalue weighted by Crippen LogP contribution is 2.60. The Kier molecular flexibility index (Phi) is 5.35. The molecule has 0 heterocycles. The fourth-order valence-corrected chi connectivity index (χ4v) is 8.28. The summed E-state index contributed by atoms with van der Waals surface area (Å²) < 4.78 is 69.2. The summed E-state index contributed by atoms with van der Waals surface area (Å²) in [5.41, 5.74) is 0.0303. The number of ether oxygens (including phenoxy) is 2. The summed E-state index contributed by atoms with van der Waals surface area (Å²) in [5.74, 6) is -1.31. The first-order chi connectivity index (χ1) is 15.0. The molecule has 0 radical (unpaired) electrons. The monoisotopic (exact) mass is 475 g/mol. The second-order valence-corrected chi connectivity index (χ2v) is 12.6. The van der Waals surface area contributed by atoms with Crippen LogP contribution in [0.3, 0.4) is 0 Å². The Morgan fingerprint density at radius 3 is 1.81 bits per heavy atom. The standard InChI is InChI=1S/C22H30F2O7S/c23-22(24,32(27,28)29)11-31-20(26)18-16-2-1-15(6-16)17(18)19(25)30-10-21-7-12-3-13(8-21)5-14(4-12)9-21/h12-18H,1-11H2,(H,27,28,29)/p-1. The third-order valence-electron chi connectivity index (χ3n) is 8.89. The quantitative estimate of drug-likeness (QED) is 0.411. The van der Waals surface area contributed by atoms with Crippen LogP contribution in [0.4, 0.5) is 8.78 Å². The van der Waals surface area contributed by atoms with E-state index in [1.807, 2.05) is 0 Å². The highest BCUT2D eigenvalue weighted by Gasteiger charge is 2.57. The van der Waals surface area contributed by atoms with Crippen LogP contribution in [0, 0.1) is 46.8 Å². The number of esters is 2. The lowest BCUT2D eigenvalue weighted by molar-refractivity contribution is -0.172. The Labute approximate surface area is 186 Å². The van der Waals surface area contributed by atoms with E-state index in [0.29, 0.717) is 37.2 Å². The van der Waals surface area contributed by atoms with Crippen molar-refractivity contribution in [3.8, 4) is 0 Å². The van der Waals surface area contributed by atoms with Gasteiger partial charge in [0, 0.05) is 5.41 Å². The molecule has 0 aromatic carbocycles. The average molecular weight is 476 g/mol. The first-order valence-corrected chi connectivity index (χ1v) is 13.0. The Bertz CT molecular complexity index is 867. The Hall–Kier alpha value is -1.29. The molecule has 32 heavy (non-hydrogen) atoms. The number of rotatable bonds is 7. The van der Waals surface area contributed by atoms with Crippen LogP contribution < -0.4 is 0 Å². The van der Waals surface area contributed by atoms with Crippen LogP contribution in [0.5, 0.6) is 0 Å². The van der Waals surface area contributed by atoms with Crippen LogP contribution in [-0.4, -0.2) is 43.4 Å². The summed E-state index contributed by atoms with van der Waals surface area (Å²) in [4.78, 5) is 25.7. The van der Waals surface area contributed by atoms with Crippen molar-refractivity contribution in [1.82, 2.24) is 0 Å². The molecule has 6 fully saturated rings. The van der Waals surface area contributed by atoms with E-state index in [9.17, 15) is 31.3 Å². The molecule has 4 atom stereocenters. The summed E-state index contributed by atoms with van der Waals surface area (Å²) in [5, 5.41) is -4.70. The molecule has 6 rings (SSSR count). The topological polar surface area (TPSA) is 110 Å². The van der Waals surface area contributed by atoms with E-state index in [4.69, 9.17) is 4.74 Å². The van der Waals surface area contributed by atoms with Crippen LogP contribution in [0.25, 0.3) is 0 Å². The van der Waals surface area contributed by atoms with Gasteiger partial charge in [-0.1, -0.05) is 0 Å². The molecule has 10 heteroatoms. The molecule has 0 aliphatic heterocycles. The highest BCUT2D eigenvalue weighted by atomic mass is 32.2. The number of halogens is 2. The van der Waals surface area contributed by atoms with Crippen LogP contribution in [0.1, 0.15) is 57.8 Å². The molecule has 0 saturated heterocycles. The molecule has 7 nitrogen and oxygen atoms in total. The molecule has 180 valence electrons. The van der Waals surface area contributed by atoms with Gasteiger partial charge in [0.25, 0.3) is 0 Å². The van der Waals surface area contributed by atoms with Crippen LogP contribution >= 0.6 is 0 Å². The largest absolute Gasteiger partial charge is 0.743 e. The third-order valence-corrected chi connectivity index (χ3v) is 9.74. The van der Waals surface area contributed by atoms with E-state index < -0.39 is 45.8 Å². The lowest BCUT2D eigenvalue weighted by Crippen LogP contribution is -2.49. The minimum Gasteiger partial charge on any atom is -0.743 e. The van der Waals surface area contributed by atoms with Gasteiger partial charge in [0.05, 0.1) is 18.4 Å². The van der Waals surface area contributed by atoms with Crippen LogP contribution in [0.2, 0.25) is 0 Å². The van der Waals surface area contributed by atoms with Gasteiger partial charge in [-0.3, -0.25) is 9.59 Å². The zero-order valence-electron chi connectivity index (χ0n) is 17.8. The van der Waals surface area contributed by atoms with Gasteiger partial charge < -0.3 is 14.0 Å². The van der Waals surface area contributed by atoms with Crippen molar-refractivity contribution in [2.45, 2.75) is 63.0 Å². The molecule has 6 bridgehead atoms. The van der Waals surface area contributed by atoms with E-state index in [2.05, 4.69) is 4.74 Å². The second-order valence-electron chi connectivity index (χ2n) is 11.1. The fourth-order valence-electron chi connectivity index (χ4n) is 8.08. The molecule has 4 unspecified atom stereocenters. The van der Waals surface area contributed by atoms with Gasteiger partial charge in [-0.25, -0.2) is 8.42 Å². The van der Waals surface area contributed by atoms with Crippen molar-refractivity contribution in [2.24, 2.45) is 46.8 Å². The molecule has 0 aromatic rings.